The van der Waals surface area contributed by atoms with Gasteiger partial charge in [0.15, 0.2) is 0 Å². The molecule has 0 saturated carbocycles. The quantitative estimate of drug-likeness (QED) is 0.748. The molecule has 0 saturated heterocycles. The first kappa shape index (κ1) is 15.0. The second kappa shape index (κ2) is 7.38. The SMILES string of the molecule is CNC(=O)c1cccc(NC(=O)N[C@@H](C)COC)c1. The summed E-state index contributed by atoms with van der Waals surface area (Å²) < 4.78 is 4.92. The number of anilines is 1. The lowest BCUT2D eigenvalue weighted by Gasteiger charge is -2.13. The second-order valence-corrected chi connectivity index (χ2v) is 4.11. The first-order valence-electron chi connectivity index (χ1n) is 5.95. The molecule has 0 heterocycles. The van der Waals surface area contributed by atoms with Crippen LogP contribution < -0.4 is 16.0 Å². The van der Waals surface area contributed by atoms with E-state index in [-0.39, 0.29) is 18.0 Å². The molecule has 19 heavy (non-hydrogen) atoms. The fourth-order valence-electron chi connectivity index (χ4n) is 1.57. The predicted molar refractivity (Wildman–Crippen MR) is 73.3 cm³/mol. The number of methoxy groups -OCH3 is 1. The van der Waals surface area contributed by atoms with Gasteiger partial charge in [-0.25, -0.2) is 4.79 Å². The Morgan fingerprint density at radius 3 is 2.74 bits per heavy atom. The van der Waals surface area contributed by atoms with Crippen LogP contribution in [0.25, 0.3) is 0 Å². The molecule has 1 aromatic carbocycles. The molecule has 6 heteroatoms. The number of nitrogens with one attached hydrogen (secondary N) is 3. The number of ether oxygens (including phenoxy) is 1. The van der Waals surface area contributed by atoms with Gasteiger partial charge in [-0.05, 0) is 25.1 Å². The molecular formula is C13H19N3O3. The van der Waals surface area contributed by atoms with Crippen molar-refractivity contribution in [3.05, 3.63) is 29.8 Å². The maximum Gasteiger partial charge on any atom is 0.319 e. The summed E-state index contributed by atoms with van der Waals surface area (Å²) in [6, 6.07) is 6.28. The van der Waals surface area contributed by atoms with Crippen molar-refractivity contribution in [2.24, 2.45) is 0 Å². The van der Waals surface area contributed by atoms with Crippen LogP contribution in [0.4, 0.5) is 10.5 Å². The molecule has 0 aromatic heterocycles. The van der Waals surface area contributed by atoms with Crippen molar-refractivity contribution in [2.45, 2.75) is 13.0 Å². The van der Waals surface area contributed by atoms with Crippen molar-refractivity contribution in [1.29, 1.82) is 0 Å². The molecule has 0 aliphatic heterocycles. The van der Waals surface area contributed by atoms with Gasteiger partial charge in [-0.15, -0.1) is 0 Å². The number of rotatable bonds is 5. The molecule has 1 rings (SSSR count). The summed E-state index contributed by atoms with van der Waals surface area (Å²) >= 11 is 0. The van der Waals surface area contributed by atoms with Gasteiger partial charge in [0.25, 0.3) is 5.91 Å². The number of hydrogen-bond donors (Lipinski definition) is 3. The van der Waals surface area contributed by atoms with Crippen LogP contribution in [0.15, 0.2) is 24.3 Å². The minimum absolute atomic E-state index is 0.0906. The van der Waals surface area contributed by atoms with E-state index >= 15 is 0 Å². The zero-order chi connectivity index (χ0) is 14.3. The fourth-order valence-corrected chi connectivity index (χ4v) is 1.57. The molecule has 0 aliphatic carbocycles. The molecule has 6 nitrogen and oxygen atoms in total. The van der Waals surface area contributed by atoms with Crippen molar-refractivity contribution in [1.82, 2.24) is 10.6 Å². The average molecular weight is 265 g/mol. The van der Waals surface area contributed by atoms with Gasteiger partial charge >= 0.3 is 6.03 Å². The summed E-state index contributed by atoms with van der Waals surface area (Å²) in [5.41, 5.74) is 1.05. The van der Waals surface area contributed by atoms with Crippen LogP contribution in [-0.4, -0.2) is 38.7 Å². The highest BCUT2D eigenvalue weighted by molar-refractivity contribution is 5.96. The molecule has 3 amide bonds. The van der Waals surface area contributed by atoms with E-state index in [1.165, 1.54) is 0 Å². The van der Waals surface area contributed by atoms with Gasteiger partial charge in [-0.3, -0.25) is 4.79 Å². The fraction of sp³-hybridized carbons (Fsp3) is 0.385. The van der Waals surface area contributed by atoms with Crippen LogP contribution in [0.5, 0.6) is 0 Å². The average Bonchev–Trinajstić information content (AvgIpc) is 2.38. The lowest BCUT2D eigenvalue weighted by atomic mass is 10.2. The van der Waals surface area contributed by atoms with E-state index in [2.05, 4.69) is 16.0 Å². The highest BCUT2D eigenvalue weighted by Crippen LogP contribution is 2.10. The Labute approximate surface area is 112 Å². The molecule has 1 aromatic rings. The third kappa shape index (κ3) is 4.97. The summed E-state index contributed by atoms with van der Waals surface area (Å²) in [6.45, 7) is 2.27. The van der Waals surface area contributed by atoms with Crippen LogP contribution >= 0.6 is 0 Å². The first-order chi connectivity index (χ1) is 9.06. The Morgan fingerprint density at radius 2 is 2.11 bits per heavy atom. The van der Waals surface area contributed by atoms with Crippen molar-refractivity contribution in [3.63, 3.8) is 0 Å². The minimum Gasteiger partial charge on any atom is -0.383 e. The Bertz CT molecular complexity index is 449. The third-order valence-corrected chi connectivity index (χ3v) is 2.40. The maximum atomic E-state index is 11.7. The molecular weight excluding hydrogens is 246 g/mol. The molecule has 0 fully saturated rings. The summed E-state index contributed by atoms with van der Waals surface area (Å²) in [6.07, 6.45) is 0. The molecule has 0 radical (unpaired) electrons. The van der Waals surface area contributed by atoms with Crippen LogP contribution in [0.2, 0.25) is 0 Å². The number of carbonyl (C=O) groups excluding carboxylic acids is 2. The van der Waals surface area contributed by atoms with E-state index in [0.717, 1.165) is 0 Å². The monoisotopic (exact) mass is 265 g/mol. The molecule has 0 spiro atoms. The van der Waals surface area contributed by atoms with E-state index in [1.54, 1.807) is 38.4 Å². The molecule has 0 bridgehead atoms. The Morgan fingerprint density at radius 1 is 1.37 bits per heavy atom. The van der Waals surface area contributed by atoms with Gasteiger partial charge in [0.1, 0.15) is 0 Å². The zero-order valence-electron chi connectivity index (χ0n) is 11.3. The molecule has 104 valence electrons. The van der Waals surface area contributed by atoms with E-state index in [9.17, 15) is 9.59 Å². The van der Waals surface area contributed by atoms with Crippen LogP contribution in [0, 0.1) is 0 Å². The highest BCUT2D eigenvalue weighted by Gasteiger charge is 2.08. The lowest BCUT2D eigenvalue weighted by molar-refractivity contribution is 0.0963. The smallest absolute Gasteiger partial charge is 0.319 e. The van der Waals surface area contributed by atoms with Crippen molar-refractivity contribution >= 4 is 17.6 Å². The topological polar surface area (TPSA) is 79.5 Å². The van der Waals surface area contributed by atoms with Crippen LogP contribution in [0.1, 0.15) is 17.3 Å². The number of hydrogen-bond acceptors (Lipinski definition) is 3. The standard InChI is InChI=1S/C13H19N3O3/c1-9(8-19-3)15-13(18)16-11-6-4-5-10(7-11)12(17)14-2/h4-7,9H,8H2,1-3H3,(H,14,17)(H2,15,16,18)/t9-/m0/s1. The van der Waals surface area contributed by atoms with Gasteiger partial charge in [-0.2, -0.15) is 0 Å². The van der Waals surface area contributed by atoms with Crippen LogP contribution in [0.3, 0.4) is 0 Å². The summed E-state index contributed by atoms with van der Waals surface area (Å²) in [5, 5.41) is 7.91. The highest BCUT2D eigenvalue weighted by atomic mass is 16.5. The molecule has 0 unspecified atom stereocenters. The molecule has 0 aliphatic rings. The lowest BCUT2D eigenvalue weighted by Crippen LogP contribution is -2.38. The van der Waals surface area contributed by atoms with Crippen molar-refractivity contribution in [3.8, 4) is 0 Å². The Hall–Kier alpha value is -2.08. The minimum atomic E-state index is -0.335. The zero-order valence-corrected chi connectivity index (χ0v) is 11.3. The molecule has 1 atom stereocenters. The van der Waals surface area contributed by atoms with E-state index in [1.807, 2.05) is 6.92 Å². The Balaban J connectivity index is 2.62. The van der Waals surface area contributed by atoms with Gasteiger partial charge < -0.3 is 20.7 Å². The normalized spacial score (nSPS) is 11.5. The first-order valence-corrected chi connectivity index (χ1v) is 5.95. The van der Waals surface area contributed by atoms with E-state index in [4.69, 9.17) is 4.74 Å². The van der Waals surface area contributed by atoms with Gasteiger partial charge in [0, 0.05) is 25.4 Å². The van der Waals surface area contributed by atoms with Gasteiger partial charge in [0.05, 0.1) is 12.6 Å². The summed E-state index contributed by atoms with van der Waals surface area (Å²) in [7, 11) is 3.13. The number of carbonyl (C=O) groups is 2. The van der Waals surface area contributed by atoms with Crippen LogP contribution in [-0.2, 0) is 4.74 Å². The number of urea groups is 1. The summed E-state index contributed by atoms with van der Waals surface area (Å²) in [5.74, 6) is -0.197. The number of benzene rings is 1. The largest absolute Gasteiger partial charge is 0.383 e. The number of amides is 3. The van der Waals surface area contributed by atoms with E-state index < -0.39 is 0 Å². The third-order valence-electron chi connectivity index (χ3n) is 2.40. The predicted octanol–water partition coefficient (Wildman–Crippen LogP) is 1.20. The van der Waals surface area contributed by atoms with E-state index in [0.29, 0.717) is 17.9 Å². The second-order valence-electron chi connectivity index (χ2n) is 4.11. The van der Waals surface area contributed by atoms with Gasteiger partial charge in [0.2, 0.25) is 0 Å². The Kier molecular flexibility index (Phi) is 5.81. The van der Waals surface area contributed by atoms with Crippen molar-refractivity contribution in [2.75, 3.05) is 26.1 Å². The summed E-state index contributed by atoms with van der Waals surface area (Å²) in [4.78, 5) is 23.1. The van der Waals surface area contributed by atoms with Crippen molar-refractivity contribution < 1.29 is 14.3 Å². The maximum absolute atomic E-state index is 11.7. The van der Waals surface area contributed by atoms with Gasteiger partial charge in [-0.1, -0.05) is 6.07 Å². The molecule has 3 N–H and O–H groups in total.